The van der Waals surface area contributed by atoms with Crippen LogP contribution in [0, 0.1) is 0 Å². The van der Waals surface area contributed by atoms with E-state index in [9.17, 15) is 13.9 Å². The first-order valence-electron chi connectivity index (χ1n) is 3.52. The third-order valence-electron chi connectivity index (χ3n) is 1.84. The standard InChI is InChI=1S/C5H12O7P2/c1-4(6)3-5(2,13(7,8)9)14(10,11)12/h3H2,1-2H3,(H2,7,8,9)(H2,10,11,12). The van der Waals surface area contributed by atoms with E-state index in [1.165, 1.54) is 0 Å². The van der Waals surface area contributed by atoms with Crippen LogP contribution in [0.1, 0.15) is 20.3 Å². The third-order valence-corrected chi connectivity index (χ3v) is 6.23. The van der Waals surface area contributed by atoms with Gasteiger partial charge in [0.05, 0.1) is 0 Å². The second-order valence-corrected chi connectivity index (χ2v) is 7.69. The maximum atomic E-state index is 10.9. The minimum absolute atomic E-state index is 0.695. The quantitative estimate of drug-likeness (QED) is 0.514. The molecule has 9 heteroatoms. The van der Waals surface area contributed by atoms with Crippen molar-refractivity contribution in [2.75, 3.05) is 0 Å². The summed E-state index contributed by atoms with van der Waals surface area (Å²) < 4.78 is 21.8. The van der Waals surface area contributed by atoms with Crippen LogP contribution in [0.2, 0.25) is 0 Å². The van der Waals surface area contributed by atoms with Gasteiger partial charge in [0.2, 0.25) is 0 Å². The smallest absolute Gasteiger partial charge is 0.324 e. The molecule has 14 heavy (non-hydrogen) atoms. The minimum Gasteiger partial charge on any atom is -0.324 e. The maximum absolute atomic E-state index is 10.9. The number of hydrogen-bond donors (Lipinski definition) is 4. The van der Waals surface area contributed by atoms with E-state index in [-0.39, 0.29) is 0 Å². The lowest BCUT2D eigenvalue weighted by atomic mass is 10.2. The van der Waals surface area contributed by atoms with Crippen LogP contribution >= 0.6 is 15.2 Å². The second-order valence-electron chi connectivity index (χ2n) is 3.18. The fourth-order valence-corrected chi connectivity index (χ4v) is 3.06. The van der Waals surface area contributed by atoms with Gasteiger partial charge in [-0.1, -0.05) is 0 Å². The van der Waals surface area contributed by atoms with Gasteiger partial charge in [0.15, 0.2) is 4.90 Å². The van der Waals surface area contributed by atoms with E-state index in [0.29, 0.717) is 6.92 Å². The number of hydrogen-bond acceptors (Lipinski definition) is 3. The Kier molecular flexibility index (Phi) is 3.84. The SMILES string of the molecule is CC(=O)CC(C)(P(=O)(O)O)P(=O)(O)O. The Morgan fingerprint density at radius 2 is 1.43 bits per heavy atom. The monoisotopic (exact) mass is 246 g/mol. The van der Waals surface area contributed by atoms with Gasteiger partial charge >= 0.3 is 15.2 Å². The van der Waals surface area contributed by atoms with Crippen molar-refractivity contribution in [1.29, 1.82) is 0 Å². The Morgan fingerprint density at radius 3 is 1.50 bits per heavy atom. The van der Waals surface area contributed by atoms with Crippen molar-refractivity contribution in [1.82, 2.24) is 0 Å². The summed E-state index contributed by atoms with van der Waals surface area (Å²) in [6.07, 6.45) is -0.860. The second kappa shape index (κ2) is 3.85. The molecule has 0 aromatic carbocycles. The maximum Gasteiger partial charge on any atom is 0.343 e. The summed E-state index contributed by atoms with van der Waals surface area (Å²) in [6.45, 7) is 1.71. The first-order chi connectivity index (χ1) is 5.92. The van der Waals surface area contributed by atoms with Gasteiger partial charge in [0.25, 0.3) is 0 Å². The summed E-state index contributed by atoms with van der Waals surface area (Å²) in [4.78, 5) is 43.2. The van der Waals surface area contributed by atoms with Crippen LogP contribution in [0.25, 0.3) is 0 Å². The molecule has 0 saturated heterocycles. The summed E-state index contributed by atoms with van der Waals surface area (Å²) >= 11 is 0. The number of carbonyl (C=O) groups is 1. The molecule has 0 aromatic heterocycles. The summed E-state index contributed by atoms with van der Waals surface area (Å²) in [5, 5.41) is 0. The van der Waals surface area contributed by atoms with Crippen LogP contribution in [-0.2, 0) is 13.9 Å². The molecule has 0 aliphatic rings. The molecule has 0 unspecified atom stereocenters. The molecule has 0 fully saturated rings. The first kappa shape index (κ1) is 14.0. The van der Waals surface area contributed by atoms with E-state index in [1.807, 2.05) is 0 Å². The molecule has 84 valence electrons. The predicted molar refractivity (Wildman–Crippen MR) is 47.8 cm³/mol. The third kappa shape index (κ3) is 2.73. The molecule has 0 saturated carbocycles. The molecule has 0 bridgehead atoms. The van der Waals surface area contributed by atoms with Gasteiger partial charge in [-0.3, -0.25) is 13.9 Å². The average molecular weight is 246 g/mol. The fourth-order valence-electron chi connectivity index (χ4n) is 0.847. The van der Waals surface area contributed by atoms with Crippen LogP contribution in [0.15, 0.2) is 0 Å². The predicted octanol–water partition coefficient (Wildman–Crippen LogP) is 0.0371. The topological polar surface area (TPSA) is 132 Å². The Bertz CT molecular complexity index is 301. The van der Waals surface area contributed by atoms with Gasteiger partial charge in [0, 0.05) is 6.42 Å². The molecule has 0 aliphatic carbocycles. The molecule has 0 rings (SSSR count). The van der Waals surface area contributed by atoms with Crippen LogP contribution in [-0.4, -0.2) is 30.3 Å². The molecule has 0 spiro atoms. The van der Waals surface area contributed by atoms with Crippen LogP contribution in [0.3, 0.4) is 0 Å². The fraction of sp³-hybridized carbons (Fsp3) is 0.800. The van der Waals surface area contributed by atoms with Gasteiger partial charge in [-0.15, -0.1) is 0 Å². The molecular formula is C5H12O7P2. The van der Waals surface area contributed by atoms with Crippen molar-refractivity contribution in [3.05, 3.63) is 0 Å². The Labute approximate surface area is 80.5 Å². The Balaban J connectivity index is 5.41. The lowest BCUT2D eigenvalue weighted by Gasteiger charge is -2.29. The normalized spacial score (nSPS) is 14.1. The van der Waals surface area contributed by atoms with Crippen molar-refractivity contribution < 1.29 is 33.5 Å². The zero-order chi connectivity index (χ0) is 11.8. The lowest BCUT2D eigenvalue weighted by Crippen LogP contribution is -2.27. The van der Waals surface area contributed by atoms with E-state index in [0.717, 1.165) is 6.92 Å². The number of rotatable bonds is 4. The molecule has 0 heterocycles. The van der Waals surface area contributed by atoms with Crippen LogP contribution < -0.4 is 0 Å². The van der Waals surface area contributed by atoms with E-state index >= 15 is 0 Å². The van der Waals surface area contributed by atoms with Gasteiger partial charge in [-0.25, -0.2) is 0 Å². The zero-order valence-corrected chi connectivity index (χ0v) is 9.40. The largest absolute Gasteiger partial charge is 0.343 e. The molecule has 0 atom stereocenters. The first-order valence-corrected chi connectivity index (χ1v) is 6.75. The minimum atomic E-state index is -5.05. The number of carbonyl (C=O) groups excluding carboxylic acids is 1. The lowest BCUT2D eigenvalue weighted by molar-refractivity contribution is -0.117. The van der Waals surface area contributed by atoms with Crippen molar-refractivity contribution >= 4 is 21.0 Å². The van der Waals surface area contributed by atoms with E-state index in [2.05, 4.69) is 0 Å². The zero-order valence-electron chi connectivity index (χ0n) is 7.62. The van der Waals surface area contributed by atoms with Crippen molar-refractivity contribution in [2.45, 2.75) is 25.2 Å². The van der Waals surface area contributed by atoms with E-state index in [4.69, 9.17) is 19.6 Å². The summed E-state index contributed by atoms with van der Waals surface area (Å²) in [7, 11) is -10.1. The molecule has 7 nitrogen and oxygen atoms in total. The van der Waals surface area contributed by atoms with Gasteiger partial charge in [-0.05, 0) is 13.8 Å². The highest BCUT2D eigenvalue weighted by Crippen LogP contribution is 2.70. The number of Topliss-reactive ketones (excluding diaryl/α,β-unsaturated/α-hetero) is 1. The molecular weight excluding hydrogens is 234 g/mol. The van der Waals surface area contributed by atoms with Crippen molar-refractivity contribution in [3.63, 3.8) is 0 Å². The highest BCUT2D eigenvalue weighted by atomic mass is 31.2. The van der Waals surface area contributed by atoms with Crippen LogP contribution in [0.5, 0.6) is 0 Å². The van der Waals surface area contributed by atoms with E-state index in [1.54, 1.807) is 0 Å². The van der Waals surface area contributed by atoms with Gasteiger partial charge < -0.3 is 19.6 Å². The summed E-state index contributed by atoms with van der Waals surface area (Å²) in [5.74, 6) is -0.695. The van der Waals surface area contributed by atoms with Crippen molar-refractivity contribution in [2.24, 2.45) is 0 Å². The summed E-state index contributed by atoms with van der Waals surface area (Å²) in [5.41, 5.74) is 0. The van der Waals surface area contributed by atoms with Gasteiger partial charge in [-0.2, -0.15) is 0 Å². The summed E-state index contributed by atoms with van der Waals surface area (Å²) in [6, 6.07) is 0. The molecule has 0 aliphatic heterocycles. The van der Waals surface area contributed by atoms with Crippen LogP contribution in [0.4, 0.5) is 0 Å². The van der Waals surface area contributed by atoms with E-state index < -0.39 is 32.3 Å². The molecule has 0 radical (unpaired) electrons. The highest BCUT2D eigenvalue weighted by Gasteiger charge is 2.56. The highest BCUT2D eigenvalue weighted by molar-refractivity contribution is 7.72. The molecule has 0 amide bonds. The van der Waals surface area contributed by atoms with Crippen molar-refractivity contribution in [3.8, 4) is 0 Å². The molecule has 0 aromatic rings. The number of ketones is 1. The molecule has 4 N–H and O–H groups in total. The Morgan fingerprint density at radius 1 is 1.14 bits per heavy atom. The van der Waals surface area contributed by atoms with Gasteiger partial charge in [0.1, 0.15) is 5.78 Å². The Hall–Kier alpha value is -0.0300. The average Bonchev–Trinajstić information content (AvgIpc) is 1.79.